The van der Waals surface area contributed by atoms with E-state index in [4.69, 9.17) is 11.6 Å². The Balaban J connectivity index is 2.02. The molecule has 0 bridgehead atoms. The summed E-state index contributed by atoms with van der Waals surface area (Å²) in [6.07, 6.45) is 0. The minimum atomic E-state index is -4.21. The molecule has 196 valence electrons. The molecule has 0 aliphatic heterocycles. The van der Waals surface area contributed by atoms with Gasteiger partial charge in [-0.2, -0.15) is 0 Å². The monoisotopic (exact) mass is 545 g/mol. The third-order valence-electron chi connectivity index (χ3n) is 5.76. The summed E-state index contributed by atoms with van der Waals surface area (Å²) >= 11 is 6.11. The molecule has 3 rings (SSSR count). The first-order chi connectivity index (χ1) is 17.5. The molecule has 0 heterocycles. The zero-order valence-corrected chi connectivity index (χ0v) is 22.4. The first-order valence-electron chi connectivity index (χ1n) is 11.7. The van der Waals surface area contributed by atoms with Gasteiger partial charge in [-0.1, -0.05) is 41.4 Å². The van der Waals surface area contributed by atoms with Crippen LogP contribution < -0.4 is 9.62 Å². The highest BCUT2D eigenvalue weighted by Gasteiger charge is 2.32. The van der Waals surface area contributed by atoms with Gasteiger partial charge in [0.05, 0.1) is 10.6 Å². The fraction of sp³-hybridized carbons (Fsp3) is 0.259. The Morgan fingerprint density at radius 2 is 1.68 bits per heavy atom. The smallest absolute Gasteiger partial charge is 0.264 e. The third-order valence-corrected chi connectivity index (χ3v) is 7.79. The highest BCUT2D eigenvalue weighted by Crippen LogP contribution is 2.25. The summed E-state index contributed by atoms with van der Waals surface area (Å²) in [7, 11) is -4.21. The number of sulfonamides is 1. The van der Waals surface area contributed by atoms with Crippen LogP contribution in [0.1, 0.15) is 25.0 Å². The lowest BCUT2D eigenvalue weighted by Crippen LogP contribution is -2.51. The number of nitrogens with one attached hydrogen (secondary N) is 1. The van der Waals surface area contributed by atoms with Gasteiger partial charge in [-0.05, 0) is 74.9 Å². The van der Waals surface area contributed by atoms with E-state index < -0.39 is 34.3 Å². The number of benzene rings is 3. The molecule has 0 fully saturated rings. The van der Waals surface area contributed by atoms with Crippen molar-refractivity contribution in [3.63, 3.8) is 0 Å². The molecule has 37 heavy (non-hydrogen) atoms. The molecule has 0 spiro atoms. The lowest BCUT2D eigenvalue weighted by Gasteiger charge is -2.32. The molecule has 0 radical (unpaired) electrons. The van der Waals surface area contributed by atoms with Gasteiger partial charge < -0.3 is 10.2 Å². The summed E-state index contributed by atoms with van der Waals surface area (Å²) < 4.78 is 41.9. The standard InChI is InChI=1S/C27H29ClFN3O4S/c1-4-30-27(34)20(3)31(17-21-6-5-7-22(28)16-21)26(33)18-32(24-12-10-23(29)11-13-24)37(35,36)25-14-8-19(2)9-15-25/h5-16,20H,4,17-18H2,1-3H3,(H,30,34). The van der Waals surface area contributed by atoms with Crippen LogP contribution in [0.3, 0.4) is 0 Å². The van der Waals surface area contributed by atoms with E-state index in [-0.39, 0.29) is 23.0 Å². The molecule has 0 saturated carbocycles. The van der Waals surface area contributed by atoms with Gasteiger partial charge in [-0.15, -0.1) is 0 Å². The van der Waals surface area contributed by atoms with Gasteiger partial charge in [0.25, 0.3) is 10.0 Å². The summed E-state index contributed by atoms with van der Waals surface area (Å²) in [5.74, 6) is -1.54. The van der Waals surface area contributed by atoms with Gasteiger partial charge in [0.15, 0.2) is 0 Å². The van der Waals surface area contributed by atoms with E-state index in [2.05, 4.69) is 5.32 Å². The van der Waals surface area contributed by atoms with Crippen molar-refractivity contribution in [3.8, 4) is 0 Å². The van der Waals surface area contributed by atoms with Crippen molar-refractivity contribution in [2.75, 3.05) is 17.4 Å². The van der Waals surface area contributed by atoms with Crippen LogP contribution >= 0.6 is 11.6 Å². The minimum Gasteiger partial charge on any atom is -0.355 e. The van der Waals surface area contributed by atoms with Crippen LogP contribution in [0.4, 0.5) is 10.1 Å². The topological polar surface area (TPSA) is 86.8 Å². The molecule has 10 heteroatoms. The van der Waals surface area contributed by atoms with E-state index in [0.29, 0.717) is 17.1 Å². The number of halogens is 2. The second-order valence-corrected chi connectivity index (χ2v) is 10.8. The third kappa shape index (κ3) is 7.08. The maximum Gasteiger partial charge on any atom is 0.264 e. The van der Waals surface area contributed by atoms with Crippen molar-refractivity contribution in [1.82, 2.24) is 10.2 Å². The van der Waals surface area contributed by atoms with E-state index in [1.54, 1.807) is 50.2 Å². The van der Waals surface area contributed by atoms with Gasteiger partial charge in [0, 0.05) is 18.1 Å². The molecule has 3 aromatic carbocycles. The van der Waals surface area contributed by atoms with Gasteiger partial charge in [0.1, 0.15) is 18.4 Å². The molecule has 1 N–H and O–H groups in total. The SMILES string of the molecule is CCNC(=O)C(C)N(Cc1cccc(Cl)c1)C(=O)CN(c1ccc(F)cc1)S(=O)(=O)c1ccc(C)cc1. The van der Waals surface area contributed by atoms with Crippen molar-refractivity contribution < 1.29 is 22.4 Å². The summed E-state index contributed by atoms with van der Waals surface area (Å²) in [4.78, 5) is 27.7. The molecular formula is C27H29ClFN3O4S. The number of hydrogen-bond donors (Lipinski definition) is 1. The van der Waals surface area contributed by atoms with Gasteiger partial charge in [-0.25, -0.2) is 12.8 Å². The molecule has 3 aromatic rings. The van der Waals surface area contributed by atoms with Crippen LogP contribution in [-0.4, -0.2) is 44.3 Å². The van der Waals surface area contributed by atoms with E-state index in [9.17, 15) is 22.4 Å². The van der Waals surface area contributed by atoms with Crippen molar-refractivity contribution in [1.29, 1.82) is 0 Å². The Kier molecular flexibility index (Phi) is 9.29. The average molecular weight is 546 g/mol. The van der Waals surface area contributed by atoms with Crippen LogP contribution in [0, 0.1) is 12.7 Å². The predicted molar refractivity (Wildman–Crippen MR) is 142 cm³/mol. The number of carbonyl (C=O) groups is 2. The van der Waals surface area contributed by atoms with Crippen molar-refractivity contribution >= 4 is 39.1 Å². The number of carbonyl (C=O) groups excluding carboxylic acids is 2. The lowest BCUT2D eigenvalue weighted by atomic mass is 10.1. The Hall–Kier alpha value is -3.43. The van der Waals surface area contributed by atoms with Crippen LogP contribution in [0.5, 0.6) is 0 Å². The highest BCUT2D eigenvalue weighted by molar-refractivity contribution is 7.92. The van der Waals surface area contributed by atoms with Crippen molar-refractivity contribution in [3.05, 3.63) is 94.8 Å². The molecule has 0 aromatic heterocycles. The average Bonchev–Trinajstić information content (AvgIpc) is 2.86. The second-order valence-electron chi connectivity index (χ2n) is 8.52. The molecule has 1 unspecified atom stereocenters. The Labute approximate surface area is 221 Å². The largest absolute Gasteiger partial charge is 0.355 e. The molecule has 0 aliphatic carbocycles. The normalized spacial score (nSPS) is 12.0. The maximum absolute atomic E-state index is 13.7. The highest BCUT2D eigenvalue weighted by atomic mass is 35.5. The summed E-state index contributed by atoms with van der Waals surface area (Å²) in [6.45, 7) is 4.95. The van der Waals surface area contributed by atoms with Crippen LogP contribution in [0.2, 0.25) is 5.02 Å². The molecule has 0 aliphatic rings. The van der Waals surface area contributed by atoms with Crippen LogP contribution in [0.15, 0.2) is 77.7 Å². The van der Waals surface area contributed by atoms with E-state index in [1.165, 1.54) is 29.2 Å². The van der Waals surface area contributed by atoms with E-state index in [1.807, 2.05) is 6.92 Å². The van der Waals surface area contributed by atoms with Gasteiger partial charge in [0.2, 0.25) is 11.8 Å². The zero-order chi connectivity index (χ0) is 27.2. The van der Waals surface area contributed by atoms with Crippen molar-refractivity contribution in [2.24, 2.45) is 0 Å². The molecule has 7 nitrogen and oxygen atoms in total. The second kappa shape index (κ2) is 12.2. The van der Waals surface area contributed by atoms with Crippen LogP contribution in [-0.2, 0) is 26.2 Å². The molecule has 0 saturated heterocycles. The maximum atomic E-state index is 13.7. The lowest BCUT2D eigenvalue weighted by molar-refractivity contribution is -0.139. The molecule has 2 amide bonds. The zero-order valence-electron chi connectivity index (χ0n) is 20.8. The Bertz CT molecular complexity index is 1350. The number of anilines is 1. The summed E-state index contributed by atoms with van der Waals surface area (Å²) in [6, 6.07) is 17.0. The van der Waals surface area contributed by atoms with E-state index >= 15 is 0 Å². The first kappa shape index (κ1) is 28.1. The quantitative estimate of drug-likeness (QED) is 0.405. The minimum absolute atomic E-state index is 0.0200. The molecular weight excluding hydrogens is 517 g/mol. The number of hydrogen-bond acceptors (Lipinski definition) is 4. The molecule has 1 atom stereocenters. The number of aryl methyl sites for hydroxylation is 1. The number of nitrogens with zero attached hydrogens (tertiary/aromatic N) is 2. The number of rotatable bonds is 10. The van der Waals surface area contributed by atoms with E-state index in [0.717, 1.165) is 22.0 Å². The van der Waals surface area contributed by atoms with Gasteiger partial charge >= 0.3 is 0 Å². The summed E-state index contributed by atoms with van der Waals surface area (Å²) in [5, 5.41) is 3.16. The first-order valence-corrected chi connectivity index (χ1v) is 13.5. The predicted octanol–water partition coefficient (Wildman–Crippen LogP) is 4.54. The number of amides is 2. The fourth-order valence-corrected chi connectivity index (χ4v) is 5.34. The fourth-order valence-electron chi connectivity index (χ4n) is 3.71. The Morgan fingerprint density at radius 1 is 1.03 bits per heavy atom. The van der Waals surface area contributed by atoms with Crippen molar-refractivity contribution in [2.45, 2.75) is 38.3 Å². The van der Waals surface area contributed by atoms with Gasteiger partial charge in [-0.3, -0.25) is 13.9 Å². The summed E-state index contributed by atoms with van der Waals surface area (Å²) in [5.41, 5.74) is 1.65. The Morgan fingerprint density at radius 3 is 2.27 bits per heavy atom. The number of likely N-dealkylation sites (N-methyl/N-ethyl adjacent to an activating group) is 1. The van der Waals surface area contributed by atoms with Crippen LogP contribution in [0.25, 0.3) is 0 Å².